The molecule has 1 saturated heterocycles. The van der Waals surface area contributed by atoms with E-state index >= 15 is 0 Å². The molecule has 0 bridgehead atoms. The summed E-state index contributed by atoms with van der Waals surface area (Å²) in [7, 11) is 0. The highest BCUT2D eigenvalue weighted by Gasteiger charge is 2.39. The van der Waals surface area contributed by atoms with Gasteiger partial charge < -0.3 is 9.64 Å². The monoisotopic (exact) mass is 445 g/mol. The topological polar surface area (TPSA) is 79.0 Å². The Labute approximate surface area is 188 Å². The number of fused-ring (bicyclic) bond motifs is 1. The summed E-state index contributed by atoms with van der Waals surface area (Å²) in [6.45, 7) is 9.94. The maximum Gasteiger partial charge on any atom is 0.255 e. The number of rotatable bonds is 11. The van der Waals surface area contributed by atoms with E-state index in [9.17, 15) is 18.8 Å². The average molecular weight is 446 g/mol. The Hall–Kier alpha value is -2.74. The van der Waals surface area contributed by atoms with Crippen molar-refractivity contribution in [2.24, 2.45) is 0 Å². The summed E-state index contributed by atoms with van der Waals surface area (Å²) in [4.78, 5) is 40.2. The number of likely N-dealkylation sites (N-methyl/N-ethyl adjacent to an activating group) is 1. The van der Waals surface area contributed by atoms with Gasteiger partial charge in [-0.2, -0.15) is 0 Å². The van der Waals surface area contributed by atoms with Crippen LogP contribution >= 0.6 is 0 Å². The molecule has 1 aromatic rings. The number of imide groups is 1. The van der Waals surface area contributed by atoms with Crippen molar-refractivity contribution in [1.82, 2.24) is 15.1 Å². The van der Waals surface area contributed by atoms with E-state index in [4.69, 9.17) is 4.74 Å². The van der Waals surface area contributed by atoms with Gasteiger partial charge in [0.15, 0.2) is 0 Å². The number of carbonyl (C=O) groups is 3. The number of hydrogen-bond donors (Lipinski definition) is 1. The molecular weight excluding hydrogens is 413 g/mol. The van der Waals surface area contributed by atoms with Gasteiger partial charge in [0, 0.05) is 24.6 Å². The first kappa shape index (κ1) is 23.9. The number of hydrogen-bond acceptors (Lipinski definition) is 5. The predicted octanol–water partition coefficient (Wildman–Crippen LogP) is 3.19. The Balaban J connectivity index is 1.61. The molecule has 32 heavy (non-hydrogen) atoms. The second-order valence-corrected chi connectivity index (χ2v) is 8.34. The molecule has 0 aliphatic carbocycles. The zero-order valence-electron chi connectivity index (χ0n) is 18.9. The highest BCUT2D eigenvalue weighted by atomic mass is 19.1. The smallest absolute Gasteiger partial charge is 0.255 e. The van der Waals surface area contributed by atoms with E-state index in [1.54, 1.807) is 12.1 Å². The highest BCUT2D eigenvalue weighted by Crippen LogP contribution is 2.30. The number of nitrogens with one attached hydrogen (secondary N) is 1. The molecule has 2 aliphatic heterocycles. The van der Waals surface area contributed by atoms with Crippen molar-refractivity contribution in [2.45, 2.75) is 64.6 Å². The standard InChI is InChI=1S/C24H32FN3O4/c1-4-18(27(5-2)12-6-7-16(3)25)15-32-19-8-9-20-17(13-19)14-28(24(20)31)21-10-11-22(29)26-23(21)30/h8-9,13,18,21H,3-7,10-12,14-15H2,1-2H3,(H,26,29,30). The molecule has 0 radical (unpaired) electrons. The lowest BCUT2D eigenvalue weighted by Gasteiger charge is -2.30. The molecule has 2 atom stereocenters. The Morgan fingerprint density at radius 2 is 2.12 bits per heavy atom. The maximum atomic E-state index is 12.9. The van der Waals surface area contributed by atoms with Crippen molar-refractivity contribution in [1.29, 1.82) is 0 Å². The second-order valence-electron chi connectivity index (χ2n) is 8.34. The molecule has 7 nitrogen and oxygen atoms in total. The zero-order chi connectivity index (χ0) is 23.3. The largest absolute Gasteiger partial charge is 0.492 e. The molecule has 0 aromatic heterocycles. The molecule has 8 heteroatoms. The van der Waals surface area contributed by atoms with E-state index in [-0.39, 0.29) is 30.1 Å². The molecule has 0 saturated carbocycles. The van der Waals surface area contributed by atoms with Gasteiger partial charge in [0.1, 0.15) is 18.4 Å². The summed E-state index contributed by atoms with van der Waals surface area (Å²) in [5.41, 5.74) is 1.38. The summed E-state index contributed by atoms with van der Waals surface area (Å²) in [6.07, 6.45) is 2.56. The quantitative estimate of drug-likeness (QED) is 0.529. The molecular formula is C24H32FN3O4. The third kappa shape index (κ3) is 5.54. The van der Waals surface area contributed by atoms with Crippen LogP contribution in [0.3, 0.4) is 0 Å². The molecule has 2 heterocycles. The summed E-state index contributed by atoms with van der Waals surface area (Å²) in [5.74, 6) is -0.523. The number of amides is 3. The molecule has 2 unspecified atom stereocenters. The van der Waals surface area contributed by atoms with Crippen molar-refractivity contribution in [3.63, 3.8) is 0 Å². The summed E-state index contributed by atoms with van der Waals surface area (Å²) in [5, 5.41) is 2.31. The van der Waals surface area contributed by atoms with Crippen molar-refractivity contribution in [3.05, 3.63) is 41.7 Å². The normalized spacial score (nSPS) is 19.2. The minimum absolute atomic E-state index is 0.195. The number of halogens is 1. The third-order valence-corrected chi connectivity index (χ3v) is 6.22. The SMILES string of the molecule is C=C(F)CCCN(CC)C(CC)COc1ccc2c(c1)CN(C1CCC(=O)NC1=O)C2=O. The van der Waals surface area contributed by atoms with Gasteiger partial charge in [-0.1, -0.05) is 20.4 Å². The molecule has 3 amide bonds. The zero-order valence-corrected chi connectivity index (χ0v) is 18.9. The van der Waals surface area contributed by atoms with Crippen LogP contribution in [-0.2, 0) is 16.1 Å². The lowest BCUT2D eigenvalue weighted by Crippen LogP contribution is -2.52. The Morgan fingerprint density at radius 1 is 1.34 bits per heavy atom. The van der Waals surface area contributed by atoms with Crippen LogP contribution in [0.15, 0.2) is 30.6 Å². The van der Waals surface area contributed by atoms with Crippen molar-refractivity contribution < 1.29 is 23.5 Å². The number of carbonyl (C=O) groups excluding carboxylic acids is 3. The van der Waals surface area contributed by atoms with Crippen LogP contribution in [0.1, 0.15) is 61.9 Å². The lowest BCUT2D eigenvalue weighted by molar-refractivity contribution is -0.136. The van der Waals surface area contributed by atoms with Crippen LogP contribution in [-0.4, -0.2) is 59.3 Å². The number of benzene rings is 1. The number of nitrogens with zero attached hydrogens (tertiary/aromatic N) is 2. The van der Waals surface area contributed by atoms with E-state index in [1.165, 1.54) is 4.90 Å². The minimum Gasteiger partial charge on any atom is -0.492 e. The first-order valence-electron chi connectivity index (χ1n) is 11.3. The third-order valence-electron chi connectivity index (χ3n) is 6.22. The van der Waals surface area contributed by atoms with Crippen LogP contribution in [0.4, 0.5) is 4.39 Å². The van der Waals surface area contributed by atoms with E-state index in [1.807, 2.05) is 6.07 Å². The van der Waals surface area contributed by atoms with Crippen molar-refractivity contribution in [2.75, 3.05) is 19.7 Å². The molecule has 174 valence electrons. The summed E-state index contributed by atoms with van der Waals surface area (Å²) < 4.78 is 19.0. The predicted molar refractivity (Wildman–Crippen MR) is 119 cm³/mol. The van der Waals surface area contributed by atoms with Crippen LogP contribution in [0.5, 0.6) is 5.75 Å². The van der Waals surface area contributed by atoms with E-state index in [0.29, 0.717) is 37.3 Å². The van der Waals surface area contributed by atoms with Crippen LogP contribution in [0, 0.1) is 0 Å². The van der Waals surface area contributed by atoms with E-state index in [2.05, 4.69) is 30.6 Å². The molecule has 3 rings (SSSR count). The first-order chi connectivity index (χ1) is 15.3. The van der Waals surface area contributed by atoms with Crippen LogP contribution in [0.25, 0.3) is 0 Å². The number of piperidine rings is 1. The molecule has 2 aliphatic rings. The molecule has 1 aromatic carbocycles. The van der Waals surface area contributed by atoms with Crippen molar-refractivity contribution >= 4 is 17.7 Å². The second kappa shape index (κ2) is 10.7. The van der Waals surface area contributed by atoms with Gasteiger partial charge in [-0.05, 0) is 62.5 Å². The fourth-order valence-electron chi connectivity index (χ4n) is 4.39. The van der Waals surface area contributed by atoms with Gasteiger partial charge in [0.25, 0.3) is 5.91 Å². The lowest BCUT2D eigenvalue weighted by atomic mass is 10.0. The Bertz CT molecular complexity index is 888. The van der Waals surface area contributed by atoms with E-state index in [0.717, 1.165) is 31.5 Å². The summed E-state index contributed by atoms with van der Waals surface area (Å²) in [6, 6.07) is 4.95. The number of allylic oxidation sites excluding steroid dienone is 1. The Morgan fingerprint density at radius 3 is 2.78 bits per heavy atom. The number of ether oxygens (including phenoxy) is 1. The average Bonchev–Trinajstić information content (AvgIpc) is 3.08. The van der Waals surface area contributed by atoms with Gasteiger partial charge >= 0.3 is 0 Å². The first-order valence-corrected chi connectivity index (χ1v) is 11.3. The fraction of sp³-hybridized carbons (Fsp3) is 0.542. The molecule has 1 N–H and O–H groups in total. The summed E-state index contributed by atoms with van der Waals surface area (Å²) >= 11 is 0. The van der Waals surface area contributed by atoms with Crippen LogP contribution in [0.2, 0.25) is 0 Å². The molecule has 0 spiro atoms. The van der Waals surface area contributed by atoms with Gasteiger partial charge in [-0.25, -0.2) is 4.39 Å². The van der Waals surface area contributed by atoms with Gasteiger partial charge in [-0.3, -0.25) is 24.6 Å². The highest BCUT2D eigenvalue weighted by molar-refractivity contribution is 6.05. The van der Waals surface area contributed by atoms with Crippen molar-refractivity contribution in [3.8, 4) is 5.75 Å². The van der Waals surface area contributed by atoms with Gasteiger partial charge in [0.2, 0.25) is 11.8 Å². The van der Waals surface area contributed by atoms with Gasteiger partial charge in [-0.15, -0.1) is 0 Å². The van der Waals surface area contributed by atoms with Crippen LogP contribution < -0.4 is 10.1 Å². The minimum atomic E-state index is -0.625. The Kier molecular flexibility index (Phi) is 8.01. The van der Waals surface area contributed by atoms with E-state index < -0.39 is 11.9 Å². The molecule has 1 fully saturated rings. The maximum absolute atomic E-state index is 12.9. The van der Waals surface area contributed by atoms with Gasteiger partial charge in [0.05, 0.1) is 5.83 Å². The fourth-order valence-corrected chi connectivity index (χ4v) is 4.39.